The Morgan fingerprint density at radius 2 is 1.86 bits per heavy atom. The summed E-state index contributed by atoms with van der Waals surface area (Å²) in [5, 5.41) is 2.07. The molecule has 148 valence electrons. The fourth-order valence-corrected chi connectivity index (χ4v) is 5.36. The van der Waals surface area contributed by atoms with E-state index in [1.54, 1.807) is 0 Å². The first-order valence-corrected chi connectivity index (χ1v) is 11.0. The first kappa shape index (κ1) is 18.4. The lowest BCUT2D eigenvalue weighted by Gasteiger charge is -2.38. The molecule has 0 saturated carbocycles. The fraction of sp³-hybridized carbons (Fsp3) is 0.292. The molecule has 29 heavy (non-hydrogen) atoms. The minimum Gasteiger partial charge on any atom is -0.492 e. The minimum atomic E-state index is 0.0158. The van der Waals surface area contributed by atoms with E-state index in [0.29, 0.717) is 13.2 Å². The molecule has 0 aliphatic carbocycles. The number of rotatable bonds is 3. The number of nitrogens with zero attached hydrogens (tertiary/aromatic N) is 1. The predicted molar refractivity (Wildman–Crippen MR) is 116 cm³/mol. The normalized spacial score (nSPS) is 17.2. The first-order chi connectivity index (χ1) is 14.2. The molecule has 5 rings (SSSR count). The summed E-state index contributed by atoms with van der Waals surface area (Å²) in [6, 6.07) is 18.5. The molecule has 3 aromatic rings. The van der Waals surface area contributed by atoms with Gasteiger partial charge in [-0.25, -0.2) is 0 Å². The van der Waals surface area contributed by atoms with Crippen LogP contribution in [0.15, 0.2) is 60.0 Å². The lowest BCUT2D eigenvalue weighted by molar-refractivity contribution is 0.0651. The van der Waals surface area contributed by atoms with Gasteiger partial charge in [0.1, 0.15) is 5.75 Å². The standard InChI is InChI=1S/C24H24N2O2S/c25-14-17-6-7-21-20(12-17)24(16-28-21)8-10-26(11-9-24)23(27)22-13-19(15-29-22)18-4-2-1-3-5-18/h1-7,12-13,15H,8-11,14,16,25H2. The third-order valence-corrected chi connectivity index (χ3v) is 7.20. The Bertz CT molecular complexity index is 1040. The molecule has 4 nitrogen and oxygen atoms in total. The van der Waals surface area contributed by atoms with Crippen molar-refractivity contribution in [3.8, 4) is 16.9 Å². The van der Waals surface area contributed by atoms with E-state index in [9.17, 15) is 4.79 Å². The second-order valence-electron chi connectivity index (χ2n) is 7.96. The summed E-state index contributed by atoms with van der Waals surface area (Å²) in [5.41, 5.74) is 10.5. The molecule has 3 heterocycles. The monoisotopic (exact) mass is 404 g/mol. The molecule has 1 aromatic heterocycles. The van der Waals surface area contributed by atoms with Crippen LogP contribution in [0.5, 0.6) is 5.75 Å². The molecule has 0 unspecified atom stereocenters. The predicted octanol–water partition coefficient (Wildman–Crippen LogP) is 4.44. The van der Waals surface area contributed by atoms with Crippen LogP contribution >= 0.6 is 11.3 Å². The zero-order valence-corrected chi connectivity index (χ0v) is 17.1. The van der Waals surface area contributed by atoms with Crippen molar-refractivity contribution in [2.24, 2.45) is 5.73 Å². The number of carbonyl (C=O) groups is 1. The van der Waals surface area contributed by atoms with Crippen molar-refractivity contribution in [1.29, 1.82) is 0 Å². The molecule has 1 spiro atoms. The van der Waals surface area contributed by atoms with Gasteiger partial charge in [-0.1, -0.05) is 42.5 Å². The van der Waals surface area contributed by atoms with E-state index in [0.717, 1.165) is 53.2 Å². The molecule has 2 N–H and O–H groups in total. The number of nitrogens with two attached hydrogens (primary N) is 1. The summed E-state index contributed by atoms with van der Waals surface area (Å²) >= 11 is 1.53. The largest absolute Gasteiger partial charge is 0.492 e. The van der Waals surface area contributed by atoms with Gasteiger partial charge in [-0.05, 0) is 47.0 Å². The topological polar surface area (TPSA) is 55.6 Å². The number of piperidine rings is 1. The van der Waals surface area contributed by atoms with Gasteiger partial charge in [0.15, 0.2) is 0 Å². The van der Waals surface area contributed by atoms with Crippen LogP contribution in [0.2, 0.25) is 0 Å². The van der Waals surface area contributed by atoms with Gasteiger partial charge in [-0.15, -0.1) is 11.3 Å². The number of thiophene rings is 1. The van der Waals surface area contributed by atoms with Crippen molar-refractivity contribution in [2.45, 2.75) is 24.8 Å². The van der Waals surface area contributed by atoms with Crippen LogP contribution in [0.25, 0.3) is 11.1 Å². The van der Waals surface area contributed by atoms with E-state index < -0.39 is 0 Å². The van der Waals surface area contributed by atoms with Gasteiger partial charge in [0.05, 0.1) is 11.5 Å². The smallest absolute Gasteiger partial charge is 0.263 e. The average Bonchev–Trinajstić information content (AvgIpc) is 3.40. The van der Waals surface area contributed by atoms with Crippen molar-refractivity contribution in [3.05, 3.63) is 76.0 Å². The summed E-state index contributed by atoms with van der Waals surface area (Å²) in [5.74, 6) is 1.12. The highest BCUT2D eigenvalue weighted by Crippen LogP contribution is 2.46. The molecule has 0 radical (unpaired) electrons. The maximum atomic E-state index is 13.1. The number of fused-ring (bicyclic) bond motifs is 2. The quantitative estimate of drug-likeness (QED) is 0.702. The van der Waals surface area contributed by atoms with Crippen LogP contribution in [0.3, 0.4) is 0 Å². The number of benzene rings is 2. The van der Waals surface area contributed by atoms with Crippen LogP contribution in [0.4, 0.5) is 0 Å². The van der Waals surface area contributed by atoms with E-state index in [1.165, 1.54) is 16.9 Å². The van der Waals surface area contributed by atoms with Crippen LogP contribution in [-0.4, -0.2) is 30.5 Å². The van der Waals surface area contributed by atoms with Gasteiger partial charge in [-0.2, -0.15) is 0 Å². The van der Waals surface area contributed by atoms with Crippen molar-refractivity contribution >= 4 is 17.2 Å². The lowest BCUT2D eigenvalue weighted by Crippen LogP contribution is -2.45. The van der Waals surface area contributed by atoms with Crippen LogP contribution in [0.1, 0.15) is 33.6 Å². The Morgan fingerprint density at radius 3 is 2.62 bits per heavy atom. The summed E-state index contributed by atoms with van der Waals surface area (Å²) < 4.78 is 5.98. The van der Waals surface area contributed by atoms with Crippen molar-refractivity contribution in [2.75, 3.05) is 19.7 Å². The molecule has 1 fully saturated rings. The van der Waals surface area contributed by atoms with Crippen molar-refractivity contribution in [3.63, 3.8) is 0 Å². The molecule has 1 amide bonds. The molecule has 2 aromatic carbocycles. The summed E-state index contributed by atoms with van der Waals surface area (Å²) in [4.78, 5) is 15.9. The third-order valence-electron chi connectivity index (χ3n) is 6.28. The molecular weight excluding hydrogens is 380 g/mol. The zero-order valence-electron chi connectivity index (χ0n) is 16.3. The Labute approximate surface area is 174 Å². The van der Waals surface area contributed by atoms with Crippen LogP contribution in [-0.2, 0) is 12.0 Å². The highest BCUT2D eigenvalue weighted by atomic mass is 32.1. The van der Waals surface area contributed by atoms with E-state index in [2.05, 4.69) is 23.6 Å². The third kappa shape index (κ3) is 3.24. The highest BCUT2D eigenvalue weighted by molar-refractivity contribution is 7.12. The SMILES string of the molecule is NCc1ccc2c(c1)C1(CCN(C(=O)c3cc(-c4ccccc4)cs3)CC1)CO2. The number of hydrogen-bond donors (Lipinski definition) is 1. The van der Waals surface area contributed by atoms with Gasteiger partial charge in [0, 0.05) is 30.6 Å². The second-order valence-corrected chi connectivity index (χ2v) is 8.87. The molecule has 2 aliphatic rings. The number of carbonyl (C=O) groups excluding carboxylic acids is 1. The Morgan fingerprint density at radius 1 is 1.07 bits per heavy atom. The van der Waals surface area contributed by atoms with Crippen molar-refractivity contribution < 1.29 is 9.53 Å². The Hall–Kier alpha value is -2.63. The van der Waals surface area contributed by atoms with E-state index in [1.807, 2.05) is 41.3 Å². The second kappa shape index (κ2) is 7.32. The number of hydrogen-bond acceptors (Lipinski definition) is 4. The van der Waals surface area contributed by atoms with Gasteiger partial charge in [0.2, 0.25) is 0 Å². The van der Waals surface area contributed by atoms with Crippen LogP contribution in [0, 0.1) is 0 Å². The van der Waals surface area contributed by atoms with E-state index in [-0.39, 0.29) is 11.3 Å². The Balaban J connectivity index is 1.31. The summed E-state index contributed by atoms with van der Waals surface area (Å²) in [7, 11) is 0. The van der Waals surface area contributed by atoms with Crippen LogP contribution < -0.4 is 10.5 Å². The summed E-state index contributed by atoms with van der Waals surface area (Å²) in [6.45, 7) is 2.76. The lowest BCUT2D eigenvalue weighted by atomic mass is 9.74. The number of likely N-dealkylation sites (tertiary alicyclic amines) is 1. The molecule has 1 saturated heterocycles. The Kier molecular flexibility index (Phi) is 4.64. The number of ether oxygens (including phenoxy) is 1. The molecule has 2 aliphatic heterocycles. The zero-order chi connectivity index (χ0) is 19.8. The minimum absolute atomic E-state index is 0.0158. The van der Waals surface area contributed by atoms with E-state index in [4.69, 9.17) is 10.5 Å². The maximum Gasteiger partial charge on any atom is 0.263 e. The van der Waals surface area contributed by atoms with Crippen molar-refractivity contribution in [1.82, 2.24) is 4.90 Å². The maximum absolute atomic E-state index is 13.1. The average molecular weight is 405 g/mol. The van der Waals surface area contributed by atoms with Gasteiger partial charge in [0.25, 0.3) is 5.91 Å². The van der Waals surface area contributed by atoms with Gasteiger partial charge < -0.3 is 15.4 Å². The molecule has 0 bridgehead atoms. The van der Waals surface area contributed by atoms with Gasteiger partial charge >= 0.3 is 0 Å². The van der Waals surface area contributed by atoms with Gasteiger partial charge in [-0.3, -0.25) is 4.79 Å². The first-order valence-electron chi connectivity index (χ1n) is 10.1. The molecule has 5 heteroatoms. The van der Waals surface area contributed by atoms with E-state index >= 15 is 0 Å². The number of amides is 1. The molecule has 0 atom stereocenters. The summed E-state index contributed by atoms with van der Waals surface area (Å²) in [6.07, 6.45) is 1.85. The molecular formula is C24H24N2O2S. The highest BCUT2D eigenvalue weighted by Gasteiger charge is 2.44. The fourth-order valence-electron chi connectivity index (χ4n) is 4.48.